The highest BCUT2D eigenvalue weighted by Gasteiger charge is 2.27. The molecular formula is C19H14ClFN3+. The van der Waals surface area contributed by atoms with Crippen LogP contribution in [0.25, 0.3) is 16.8 Å². The van der Waals surface area contributed by atoms with Crippen LogP contribution in [-0.4, -0.2) is 27.7 Å². The first kappa shape index (κ1) is 15.0. The monoisotopic (exact) mass is 338 g/mol. The Labute approximate surface area is 144 Å². The summed E-state index contributed by atoms with van der Waals surface area (Å²) in [6.45, 7) is 2.03. The maximum Gasteiger partial charge on any atom is 0.270 e. The molecule has 0 saturated heterocycles. The molecule has 0 aliphatic carbocycles. The Morgan fingerprint density at radius 2 is 2.12 bits per heavy atom. The Morgan fingerprint density at radius 3 is 2.96 bits per heavy atom. The summed E-state index contributed by atoms with van der Waals surface area (Å²) in [7, 11) is 0. The Balaban J connectivity index is 1.83. The molecule has 0 N–H and O–H groups in total. The first-order chi connectivity index (χ1) is 11.6. The summed E-state index contributed by atoms with van der Waals surface area (Å²) < 4.78 is 15.6. The Morgan fingerprint density at radius 1 is 1.25 bits per heavy atom. The molecule has 0 radical (unpaired) electrons. The van der Waals surface area contributed by atoms with Gasteiger partial charge in [0.25, 0.3) is 6.17 Å². The fraction of sp³-hybridized carbons (Fsp3) is 0.105. The predicted molar refractivity (Wildman–Crippen MR) is 95.0 cm³/mol. The van der Waals surface area contributed by atoms with Gasteiger partial charge in [-0.3, -0.25) is 4.98 Å². The molecule has 0 fully saturated rings. The highest BCUT2D eigenvalue weighted by Crippen LogP contribution is 2.32. The van der Waals surface area contributed by atoms with Gasteiger partial charge >= 0.3 is 0 Å². The topological polar surface area (TPSA) is 28.3 Å². The van der Waals surface area contributed by atoms with Crippen molar-refractivity contribution < 1.29 is 8.97 Å². The van der Waals surface area contributed by atoms with Gasteiger partial charge in [-0.2, -0.15) is 4.58 Å². The van der Waals surface area contributed by atoms with E-state index in [4.69, 9.17) is 11.6 Å². The standard InChI is InChI=1S/C19H14ClFN3/c1-12-10-23-18-7-5-14(11-24(12)18)15-3-2-8-22-19(15)13-4-6-17(21)16(20)9-13/h2-11,18H,1H3/q+1. The number of halogens is 2. The van der Waals surface area contributed by atoms with Crippen molar-refractivity contribution in [2.24, 2.45) is 4.99 Å². The van der Waals surface area contributed by atoms with Crippen LogP contribution in [0, 0.1) is 5.82 Å². The lowest BCUT2D eigenvalue weighted by Gasteiger charge is -2.13. The smallest absolute Gasteiger partial charge is 0.256 e. The number of pyridine rings is 1. The van der Waals surface area contributed by atoms with E-state index in [-0.39, 0.29) is 11.2 Å². The van der Waals surface area contributed by atoms with Gasteiger partial charge in [0.15, 0.2) is 11.9 Å². The maximum atomic E-state index is 13.5. The average molecular weight is 339 g/mol. The van der Waals surface area contributed by atoms with Crippen LogP contribution in [0.4, 0.5) is 4.39 Å². The van der Waals surface area contributed by atoms with E-state index in [9.17, 15) is 4.39 Å². The molecule has 118 valence electrons. The van der Waals surface area contributed by atoms with Gasteiger partial charge in [-0.15, -0.1) is 0 Å². The first-order valence-electron chi connectivity index (χ1n) is 7.59. The van der Waals surface area contributed by atoms with Crippen molar-refractivity contribution in [2.75, 3.05) is 0 Å². The van der Waals surface area contributed by atoms with Crippen molar-refractivity contribution in [1.82, 2.24) is 4.98 Å². The minimum Gasteiger partial charge on any atom is -0.256 e. The number of hydrogen-bond donors (Lipinski definition) is 0. The van der Waals surface area contributed by atoms with Gasteiger partial charge in [0.1, 0.15) is 5.82 Å². The third kappa shape index (κ3) is 2.49. The summed E-state index contributed by atoms with van der Waals surface area (Å²) in [6, 6.07) is 8.56. The fourth-order valence-corrected chi connectivity index (χ4v) is 3.09. The highest BCUT2D eigenvalue weighted by molar-refractivity contribution is 6.31. The van der Waals surface area contributed by atoms with Crippen molar-refractivity contribution in [3.05, 3.63) is 71.3 Å². The molecule has 0 bridgehead atoms. The van der Waals surface area contributed by atoms with Crippen LogP contribution in [0.3, 0.4) is 0 Å². The number of aromatic nitrogens is 1. The molecule has 1 aromatic heterocycles. The van der Waals surface area contributed by atoms with E-state index in [1.54, 1.807) is 18.3 Å². The second-order valence-corrected chi connectivity index (χ2v) is 6.12. The summed E-state index contributed by atoms with van der Waals surface area (Å²) in [6.07, 6.45) is 9.80. The molecule has 5 heteroatoms. The molecule has 1 atom stereocenters. The van der Waals surface area contributed by atoms with Crippen molar-refractivity contribution in [2.45, 2.75) is 13.1 Å². The molecule has 1 unspecified atom stereocenters. The van der Waals surface area contributed by atoms with Crippen LogP contribution in [-0.2, 0) is 0 Å². The van der Waals surface area contributed by atoms with Gasteiger partial charge < -0.3 is 0 Å². The maximum absolute atomic E-state index is 13.5. The minimum atomic E-state index is -0.433. The van der Waals surface area contributed by atoms with Crippen LogP contribution in [0.5, 0.6) is 0 Å². The molecule has 24 heavy (non-hydrogen) atoms. The quantitative estimate of drug-likeness (QED) is 0.749. The molecule has 2 aliphatic heterocycles. The molecule has 2 aliphatic rings. The largest absolute Gasteiger partial charge is 0.270 e. The van der Waals surface area contributed by atoms with Crippen molar-refractivity contribution >= 4 is 29.1 Å². The fourth-order valence-electron chi connectivity index (χ4n) is 2.91. The molecule has 3 heterocycles. The number of fused-ring (bicyclic) bond motifs is 1. The lowest BCUT2D eigenvalue weighted by molar-refractivity contribution is -0.479. The lowest BCUT2D eigenvalue weighted by Crippen LogP contribution is -2.20. The molecule has 0 spiro atoms. The number of nitrogens with zero attached hydrogens (tertiary/aromatic N) is 3. The summed E-state index contributed by atoms with van der Waals surface area (Å²) in [5.41, 5.74) is 4.64. The van der Waals surface area contributed by atoms with E-state index >= 15 is 0 Å². The van der Waals surface area contributed by atoms with Gasteiger partial charge in [0.05, 0.1) is 16.9 Å². The van der Waals surface area contributed by atoms with E-state index < -0.39 is 5.82 Å². The van der Waals surface area contributed by atoms with Crippen LogP contribution in [0.2, 0.25) is 5.02 Å². The zero-order valence-electron chi connectivity index (χ0n) is 12.9. The molecule has 1 aromatic carbocycles. The summed E-state index contributed by atoms with van der Waals surface area (Å²) in [5, 5.41) is 0.0921. The minimum absolute atomic E-state index is 0.0362. The molecule has 3 nitrogen and oxygen atoms in total. The number of aliphatic imine (C=N–C) groups is 1. The Hall–Kier alpha value is -2.59. The van der Waals surface area contributed by atoms with E-state index in [0.29, 0.717) is 0 Å². The van der Waals surface area contributed by atoms with Crippen LogP contribution in [0.15, 0.2) is 59.9 Å². The van der Waals surface area contributed by atoms with Crippen LogP contribution < -0.4 is 0 Å². The second-order valence-electron chi connectivity index (χ2n) is 5.71. The highest BCUT2D eigenvalue weighted by atomic mass is 35.5. The van der Waals surface area contributed by atoms with Crippen LogP contribution >= 0.6 is 11.6 Å². The van der Waals surface area contributed by atoms with E-state index in [1.165, 1.54) is 6.07 Å². The van der Waals surface area contributed by atoms with Gasteiger partial charge in [-0.05, 0) is 30.3 Å². The Kier molecular flexibility index (Phi) is 3.62. The van der Waals surface area contributed by atoms with E-state index in [1.807, 2.05) is 31.3 Å². The number of rotatable bonds is 2. The number of benzene rings is 1. The zero-order chi connectivity index (χ0) is 16.7. The molecule has 0 amide bonds. The van der Waals surface area contributed by atoms with Crippen LogP contribution in [0.1, 0.15) is 12.5 Å². The van der Waals surface area contributed by atoms with Gasteiger partial charge in [0.2, 0.25) is 0 Å². The number of allylic oxidation sites excluding steroid dienone is 2. The molecule has 2 aromatic rings. The zero-order valence-corrected chi connectivity index (χ0v) is 13.7. The van der Waals surface area contributed by atoms with Gasteiger partial charge in [0, 0.05) is 35.9 Å². The summed E-state index contributed by atoms with van der Waals surface area (Å²) in [4.78, 5) is 8.91. The van der Waals surface area contributed by atoms with Crippen molar-refractivity contribution in [3.63, 3.8) is 0 Å². The van der Waals surface area contributed by atoms with Gasteiger partial charge in [-0.1, -0.05) is 17.7 Å². The third-order valence-electron chi connectivity index (χ3n) is 4.14. The van der Waals surface area contributed by atoms with Gasteiger partial charge in [-0.25, -0.2) is 9.38 Å². The molecule has 0 saturated carbocycles. The normalized spacial score (nSPS) is 18.8. The summed E-state index contributed by atoms with van der Waals surface area (Å²) >= 11 is 5.93. The summed E-state index contributed by atoms with van der Waals surface area (Å²) in [5.74, 6) is -0.433. The first-order valence-corrected chi connectivity index (χ1v) is 7.97. The van der Waals surface area contributed by atoms with Crippen molar-refractivity contribution in [1.29, 1.82) is 0 Å². The third-order valence-corrected chi connectivity index (χ3v) is 4.43. The SMILES string of the molecule is CC1=[N+]2C=C(c3cccnc3-c3ccc(F)c(Cl)c3)C=CC2N=C1. The second kappa shape index (κ2) is 5.80. The Bertz CT molecular complexity index is 957. The predicted octanol–water partition coefficient (Wildman–Crippen LogP) is 4.34. The average Bonchev–Trinajstić information content (AvgIpc) is 2.98. The molecular weight excluding hydrogens is 325 g/mol. The number of hydrogen-bond acceptors (Lipinski definition) is 2. The van der Waals surface area contributed by atoms with E-state index in [2.05, 4.69) is 26.8 Å². The van der Waals surface area contributed by atoms with E-state index in [0.717, 1.165) is 28.1 Å². The molecule has 4 rings (SSSR count). The van der Waals surface area contributed by atoms with Crippen molar-refractivity contribution in [3.8, 4) is 11.3 Å². The lowest BCUT2D eigenvalue weighted by atomic mass is 9.98.